The molecule has 1 aromatic heterocycles. The minimum Gasteiger partial charge on any atom is -0.508 e. The molecule has 2 N–H and O–H groups in total. The Balaban J connectivity index is 1.52. The maximum atomic E-state index is 12.7. The van der Waals surface area contributed by atoms with Crippen molar-refractivity contribution in [2.24, 2.45) is 0 Å². The van der Waals surface area contributed by atoms with E-state index < -0.39 is 0 Å². The van der Waals surface area contributed by atoms with E-state index in [2.05, 4.69) is 10.2 Å². The average Bonchev–Trinajstić information content (AvgIpc) is 3.43. The summed E-state index contributed by atoms with van der Waals surface area (Å²) in [7, 11) is 1.77. The molecule has 5 heteroatoms. The molecule has 1 saturated carbocycles. The highest BCUT2D eigenvalue weighted by Crippen LogP contribution is 2.44. The van der Waals surface area contributed by atoms with E-state index in [1.54, 1.807) is 30.1 Å². The van der Waals surface area contributed by atoms with Gasteiger partial charge in [-0.3, -0.25) is 9.89 Å². The second-order valence-electron chi connectivity index (χ2n) is 7.29. The maximum absolute atomic E-state index is 12.7. The first-order valence-electron chi connectivity index (χ1n) is 9.21. The molecule has 1 heterocycles. The molecule has 0 bridgehead atoms. The fraction of sp³-hybridized carbons (Fsp3) is 0.273. The molecule has 5 nitrogen and oxygen atoms in total. The molecule has 0 radical (unpaired) electrons. The molecule has 1 aliphatic rings. The zero-order chi connectivity index (χ0) is 19.0. The first kappa shape index (κ1) is 17.3. The van der Waals surface area contributed by atoms with Gasteiger partial charge in [0.1, 0.15) is 5.75 Å². The van der Waals surface area contributed by atoms with Gasteiger partial charge in [0.05, 0.1) is 5.69 Å². The molecule has 0 aliphatic heterocycles. The van der Waals surface area contributed by atoms with Crippen LogP contribution in [-0.4, -0.2) is 33.2 Å². The van der Waals surface area contributed by atoms with Gasteiger partial charge in [-0.1, -0.05) is 24.3 Å². The second kappa shape index (κ2) is 6.91. The third-order valence-corrected chi connectivity index (χ3v) is 5.04. The number of benzene rings is 2. The molecule has 0 saturated heterocycles. The lowest BCUT2D eigenvalue weighted by molar-refractivity contribution is 0.0785. The molecular weight excluding hydrogens is 338 g/mol. The van der Waals surface area contributed by atoms with Crippen molar-refractivity contribution in [2.75, 3.05) is 7.05 Å². The number of rotatable bonds is 5. The molecule has 1 aliphatic carbocycles. The van der Waals surface area contributed by atoms with Gasteiger partial charge in [-0.05, 0) is 55.2 Å². The molecule has 1 fully saturated rings. The van der Waals surface area contributed by atoms with E-state index in [1.807, 2.05) is 37.3 Å². The van der Waals surface area contributed by atoms with Gasteiger partial charge in [0.25, 0.3) is 5.91 Å². The highest BCUT2D eigenvalue weighted by Gasteiger charge is 2.30. The van der Waals surface area contributed by atoms with Crippen molar-refractivity contribution in [3.8, 4) is 16.9 Å². The van der Waals surface area contributed by atoms with E-state index in [9.17, 15) is 9.90 Å². The Morgan fingerprint density at radius 3 is 2.63 bits per heavy atom. The van der Waals surface area contributed by atoms with Crippen molar-refractivity contribution in [2.45, 2.75) is 32.2 Å². The average molecular weight is 361 g/mol. The summed E-state index contributed by atoms with van der Waals surface area (Å²) < 4.78 is 0. The molecular formula is C22H23N3O2. The van der Waals surface area contributed by atoms with Crippen LogP contribution < -0.4 is 0 Å². The quantitative estimate of drug-likeness (QED) is 0.714. The number of carbonyl (C=O) groups is 1. The predicted molar refractivity (Wildman–Crippen MR) is 105 cm³/mol. The number of carbonyl (C=O) groups excluding carboxylic acids is 1. The Labute approximate surface area is 158 Å². The number of nitrogens with zero attached hydrogens (tertiary/aromatic N) is 2. The van der Waals surface area contributed by atoms with Crippen molar-refractivity contribution in [1.29, 1.82) is 0 Å². The summed E-state index contributed by atoms with van der Waals surface area (Å²) in [6.07, 6.45) is 2.40. The largest absolute Gasteiger partial charge is 0.508 e. The molecule has 2 aromatic carbocycles. The summed E-state index contributed by atoms with van der Waals surface area (Å²) in [5.74, 6) is 0.732. The summed E-state index contributed by atoms with van der Waals surface area (Å²) in [4.78, 5) is 14.4. The van der Waals surface area contributed by atoms with Gasteiger partial charge in [0.2, 0.25) is 0 Å². The Hall–Kier alpha value is -3.08. The lowest BCUT2D eigenvalue weighted by Crippen LogP contribution is -2.26. The van der Waals surface area contributed by atoms with E-state index in [0.717, 1.165) is 22.5 Å². The third kappa shape index (κ3) is 3.58. The molecule has 27 heavy (non-hydrogen) atoms. The minimum atomic E-state index is -0.0452. The molecule has 1 amide bonds. The van der Waals surface area contributed by atoms with Crippen LogP contribution in [-0.2, 0) is 6.54 Å². The summed E-state index contributed by atoms with van der Waals surface area (Å²) in [5.41, 5.74) is 6.02. The normalized spacial score (nSPS) is 13.6. The van der Waals surface area contributed by atoms with Crippen LogP contribution in [0.5, 0.6) is 5.75 Å². The Morgan fingerprint density at radius 1 is 1.22 bits per heavy atom. The third-order valence-electron chi connectivity index (χ3n) is 5.04. The molecule has 3 aromatic rings. The van der Waals surface area contributed by atoms with Gasteiger partial charge in [-0.2, -0.15) is 5.10 Å². The maximum Gasteiger partial charge on any atom is 0.253 e. The lowest BCUT2D eigenvalue weighted by atomic mass is 9.99. The van der Waals surface area contributed by atoms with Crippen LogP contribution in [0.4, 0.5) is 0 Å². The topological polar surface area (TPSA) is 69.2 Å². The van der Waals surface area contributed by atoms with Gasteiger partial charge >= 0.3 is 0 Å². The minimum absolute atomic E-state index is 0.0452. The predicted octanol–water partition coefficient (Wildman–Crippen LogP) is 4.24. The summed E-state index contributed by atoms with van der Waals surface area (Å²) in [6.45, 7) is 2.48. The zero-order valence-corrected chi connectivity index (χ0v) is 15.6. The fourth-order valence-corrected chi connectivity index (χ4v) is 3.46. The fourth-order valence-electron chi connectivity index (χ4n) is 3.46. The first-order chi connectivity index (χ1) is 13.0. The van der Waals surface area contributed by atoms with Gasteiger partial charge in [0, 0.05) is 36.3 Å². The van der Waals surface area contributed by atoms with Crippen molar-refractivity contribution in [3.63, 3.8) is 0 Å². The number of phenols is 1. The highest BCUT2D eigenvalue weighted by molar-refractivity contribution is 5.94. The van der Waals surface area contributed by atoms with E-state index >= 15 is 0 Å². The van der Waals surface area contributed by atoms with Gasteiger partial charge in [0.15, 0.2) is 0 Å². The lowest BCUT2D eigenvalue weighted by Gasteiger charge is -2.17. The number of nitrogens with one attached hydrogen (secondary N) is 1. The van der Waals surface area contributed by atoms with Crippen LogP contribution >= 0.6 is 0 Å². The van der Waals surface area contributed by atoms with Crippen LogP contribution in [0.15, 0.2) is 48.5 Å². The molecule has 0 atom stereocenters. The summed E-state index contributed by atoms with van der Waals surface area (Å²) >= 11 is 0. The number of amides is 1. The second-order valence-corrected chi connectivity index (χ2v) is 7.29. The smallest absolute Gasteiger partial charge is 0.253 e. The summed E-state index contributed by atoms with van der Waals surface area (Å²) in [5, 5.41) is 17.2. The number of aromatic hydroxyl groups is 1. The number of aromatic amines is 1. The number of H-pyrrole nitrogens is 1. The van der Waals surface area contributed by atoms with Crippen LogP contribution in [0.3, 0.4) is 0 Å². The number of hydrogen-bond acceptors (Lipinski definition) is 3. The van der Waals surface area contributed by atoms with Crippen LogP contribution in [0.25, 0.3) is 11.1 Å². The van der Waals surface area contributed by atoms with Crippen LogP contribution in [0.2, 0.25) is 0 Å². The van der Waals surface area contributed by atoms with Crippen LogP contribution in [0, 0.1) is 6.92 Å². The molecule has 4 rings (SSSR count). The van der Waals surface area contributed by atoms with Crippen molar-refractivity contribution in [1.82, 2.24) is 15.1 Å². The monoisotopic (exact) mass is 361 g/mol. The number of aromatic nitrogens is 2. The highest BCUT2D eigenvalue weighted by atomic mass is 16.3. The standard InChI is InChI=1S/C22H23N3O2/c1-14-20(21(24-23-14)17-8-9-17)16-6-10-18(11-7-16)22(27)25(2)13-15-4-3-5-19(26)12-15/h3-7,10-12,17,26H,8-9,13H2,1-2H3,(H,23,24). The first-order valence-corrected chi connectivity index (χ1v) is 9.21. The SMILES string of the molecule is Cc1[nH]nc(C2CC2)c1-c1ccc(C(=O)N(C)Cc2cccc(O)c2)cc1. The van der Waals surface area contributed by atoms with Crippen molar-refractivity contribution < 1.29 is 9.90 Å². The number of hydrogen-bond donors (Lipinski definition) is 2. The van der Waals surface area contributed by atoms with Gasteiger partial charge < -0.3 is 10.0 Å². The molecule has 138 valence electrons. The zero-order valence-electron chi connectivity index (χ0n) is 15.6. The molecule has 0 unspecified atom stereocenters. The Kier molecular flexibility index (Phi) is 4.44. The molecule has 0 spiro atoms. The van der Waals surface area contributed by atoms with E-state index in [0.29, 0.717) is 18.0 Å². The van der Waals surface area contributed by atoms with E-state index in [4.69, 9.17) is 0 Å². The number of aryl methyl sites for hydroxylation is 1. The van der Waals surface area contributed by atoms with E-state index in [1.165, 1.54) is 18.4 Å². The van der Waals surface area contributed by atoms with Gasteiger partial charge in [-0.25, -0.2) is 0 Å². The van der Waals surface area contributed by atoms with Gasteiger partial charge in [-0.15, -0.1) is 0 Å². The van der Waals surface area contributed by atoms with Crippen molar-refractivity contribution in [3.05, 3.63) is 71.0 Å². The van der Waals surface area contributed by atoms with Crippen LogP contribution in [0.1, 0.15) is 46.1 Å². The Morgan fingerprint density at radius 2 is 1.96 bits per heavy atom. The number of phenolic OH excluding ortho intramolecular Hbond substituents is 1. The van der Waals surface area contributed by atoms with E-state index in [-0.39, 0.29) is 11.7 Å². The Bertz CT molecular complexity index is 971. The van der Waals surface area contributed by atoms with Crippen molar-refractivity contribution >= 4 is 5.91 Å². The summed E-state index contributed by atoms with van der Waals surface area (Å²) in [6, 6.07) is 14.7.